The predicted molar refractivity (Wildman–Crippen MR) is 148 cm³/mol. The van der Waals surface area contributed by atoms with Crippen LogP contribution in [0.5, 0.6) is 0 Å². The van der Waals surface area contributed by atoms with Gasteiger partial charge in [0.25, 0.3) is 5.91 Å². The molecule has 1 heterocycles. The third-order valence-electron chi connectivity index (χ3n) is 6.21. The number of nitrogens with one attached hydrogen (secondary N) is 2. The molecule has 3 aromatic rings. The summed E-state index contributed by atoms with van der Waals surface area (Å²) in [5.74, 6) is 0.233. The fourth-order valence-corrected chi connectivity index (χ4v) is 4.19. The van der Waals surface area contributed by atoms with Crippen LogP contribution in [0.15, 0.2) is 42.6 Å². The average molecular weight is 505 g/mol. The summed E-state index contributed by atoms with van der Waals surface area (Å²) in [6.45, 7) is 8.75. The molecule has 2 amide bonds. The smallest absolute Gasteiger partial charge is 0.412 e. The van der Waals surface area contributed by atoms with Crippen molar-refractivity contribution < 1.29 is 19.1 Å². The van der Waals surface area contributed by atoms with Crippen molar-refractivity contribution in [1.82, 2.24) is 4.98 Å². The molecule has 0 unspecified atom stereocenters. The summed E-state index contributed by atoms with van der Waals surface area (Å²) in [4.78, 5) is 32.4. The molecule has 0 atom stereocenters. The predicted octanol–water partition coefficient (Wildman–Crippen LogP) is 6.10. The second-order valence-electron chi connectivity index (χ2n) is 10.6. The van der Waals surface area contributed by atoms with E-state index < -0.39 is 11.7 Å². The minimum Gasteiger partial charge on any atom is -0.444 e. The third-order valence-corrected chi connectivity index (χ3v) is 6.21. The van der Waals surface area contributed by atoms with Crippen LogP contribution in [-0.4, -0.2) is 49.9 Å². The fraction of sp³-hybridized carbons (Fsp3) is 0.414. The fourth-order valence-electron chi connectivity index (χ4n) is 4.19. The van der Waals surface area contributed by atoms with E-state index in [-0.39, 0.29) is 5.91 Å². The molecule has 1 fully saturated rings. The van der Waals surface area contributed by atoms with Crippen molar-refractivity contribution in [3.05, 3.63) is 59.3 Å². The number of ether oxygens (including phenoxy) is 2. The lowest BCUT2D eigenvalue weighted by molar-refractivity contribution is 0.0635. The molecule has 1 saturated carbocycles. The monoisotopic (exact) mass is 504 g/mol. The highest BCUT2D eigenvalue weighted by atomic mass is 16.6. The van der Waals surface area contributed by atoms with Gasteiger partial charge in [-0.2, -0.15) is 0 Å². The maximum absolute atomic E-state index is 13.2. The molecule has 196 valence electrons. The van der Waals surface area contributed by atoms with Crippen LogP contribution in [0.1, 0.15) is 61.0 Å². The van der Waals surface area contributed by atoms with Crippen molar-refractivity contribution in [2.75, 3.05) is 42.8 Å². The number of aryl methyl sites for hydroxylation is 1. The van der Waals surface area contributed by atoms with E-state index in [9.17, 15) is 9.59 Å². The van der Waals surface area contributed by atoms with Crippen LogP contribution in [0.4, 0.5) is 21.9 Å². The van der Waals surface area contributed by atoms with Crippen molar-refractivity contribution >= 4 is 40.0 Å². The van der Waals surface area contributed by atoms with Gasteiger partial charge < -0.3 is 19.7 Å². The van der Waals surface area contributed by atoms with E-state index in [0.717, 1.165) is 28.7 Å². The first-order chi connectivity index (χ1) is 17.5. The Morgan fingerprint density at radius 1 is 1.08 bits per heavy atom. The molecule has 1 aromatic heterocycles. The summed E-state index contributed by atoms with van der Waals surface area (Å²) in [6.07, 6.45) is 3.35. The van der Waals surface area contributed by atoms with Crippen LogP contribution in [0.3, 0.4) is 0 Å². The summed E-state index contributed by atoms with van der Waals surface area (Å²) in [5, 5.41) is 6.59. The molecule has 2 N–H and O–H groups in total. The number of fused-ring (bicyclic) bond motifs is 1. The van der Waals surface area contributed by atoms with Crippen LogP contribution in [0, 0.1) is 6.92 Å². The Balaban J connectivity index is 1.59. The first kappa shape index (κ1) is 26.4. The lowest BCUT2D eigenvalue weighted by atomic mass is 10.0. The van der Waals surface area contributed by atoms with Crippen LogP contribution in [0.25, 0.3) is 10.9 Å². The number of pyridine rings is 1. The van der Waals surface area contributed by atoms with Gasteiger partial charge in [0, 0.05) is 38.0 Å². The van der Waals surface area contributed by atoms with Gasteiger partial charge >= 0.3 is 6.09 Å². The standard InChI is InChI=1S/C29H36N4O4/c1-18-7-10-23(32-28(35)37-29(2,3)4)25(13-18)31-27(34)21-14-20-15-22(19-8-9-19)26(16-24(20)30-17-21)33(5)11-12-36-6/h7,10,13-17,19H,8-9,11-12H2,1-6H3,(H,31,34)(H,32,35). The SMILES string of the molecule is COCCN(C)c1cc2ncc(C(=O)Nc3cc(C)ccc3NC(=O)OC(C)(C)C)cc2cc1C1CC1. The van der Waals surface area contributed by atoms with Gasteiger partial charge in [0.05, 0.1) is 29.1 Å². The highest BCUT2D eigenvalue weighted by molar-refractivity contribution is 6.08. The Bertz CT molecular complexity index is 1310. The number of nitrogens with zero attached hydrogens (tertiary/aromatic N) is 2. The van der Waals surface area contributed by atoms with Gasteiger partial charge in [-0.3, -0.25) is 15.1 Å². The Labute approximate surface area is 218 Å². The first-order valence-electron chi connectivity index (χ1n) is 12.6. The highest BCUT2D eigenvalue weighted by Gasteiger charge is 2.28. The van der Waals surface area contributed by atoms with E-state index in [0.29, 0.717) is 29.5 Å². The minimum atomic E-state index is -0.632. The number of aromatic nitrogens is 1. The maximum atomic E-state index is 13.2. The molecule has 8 heteroatoms. The topological polar surface area (TPSA) is 92.8 Å². The van der Waals surface area contributed by atoms with Crippen LogP contribution < -0.4 is 15.5 Å². The quantitative estimate of drug-likeness (QED) is 0.385. The van der Waals surface area contributed by atoms with Crippen molar-refractivity contribution in [2.45, 2.75) is 52.1 Å². The maximum Gasteiger partial charge on any atom is 0.412 e. The lowest BCUT2D eigenvalue weighted by Crippen LogP contribution is -2.27. The summed E-state index contributed by atoms with van der Waals surface area (Å²) in [7, 11) is 3.77. The second-order valence-corrected chi connectivity index (χ2v) is 10.6. The zero-order valence-electron chi connectivity index (χ0n) is 22.5. The Hall–Kier alpha value is -3.65. The molecule has 1 aliphatic rings. The highest BCUT2D eigenvalue weighted by Crippen LogP contribution is 2.45. The van der Waals surface area contributed by atoms with Crippen molar-refractivity contribution in [1.29, 1.82) is 0 Å². The number of anilines is 3. The van der Waals surface area contributed by atoms with Crippen LogP contribution >= 0.6 is 0 Å². The lowest BCUT2D eigenvalue weighted by Gasteiger charge is -2.23. The Kier molecular flexibility index (Phi) is 7.68. The normalized spacial score (nSPS) is 13.4. The Morgan fingerprint density at radius 2 is 1.84 bits per heavy atom. The van der Waals surface area contributed by atoms with E-state index >= 15 is 0 Å². The van der Waals surface area contributed by atoms with Gasteiger partial charge in [-0.1, -0.05) is 6.07 Å². The minimum absolute atomic E-state index is 0.304. The molecule has 8 nitrogen and oxygen atoms in total. The molecule has 0 bridgehead atoms. The summed E-state index contributed by atoms with van der Waals surface area (Å²) < 4.78 is 10.6. The molecule has 0 spiro atoms. The van der Waals surface area contributed by atoms with E-state index in [4.69, 9.17) is 9.47 Å². The van der Waals surface area contributed by atoms with E-state index in [1.165, 1.54) is 18.4 Å². The number of rotatable bonds is 8. The largest absolute Gasteiger partial charge is 0.444 e. The van der Waals surface area contributed by atoms with E-state index in [1.54, 1.807) is 40.1 Å². The van der Waals surface area contributed by atoms with Crippen molar-refractivity contribution in [2.24, 2.45) is 0 Å². The van der Waals surface area contributed by atoms with E-state index in [2.05, 4.69) is 39.7 Å². The number of methoxy groups -OCH3 is 1. The first-order valence-corrected chi connectivity index (χ1v) is 12.6. The molecule has 0 radical (unpaired) electrons. The van der Waals surface area contributed by atoms with Gasteiger partial charge in [0.15, 0.2) is 0 Å². The van der Waals surface area contributed by atoms with Crippen LogP contribution in [0.2, 0.25) is 0 Å². The zero-order valence-corrected chi connectivity index (χ0v) is 22.5. The molecule has 4 rings (SSSR count). The van der Waals surface area contributed by atoms with E-state index in [1.807, 2.05) is 25.1 Å². The number of amides is 2. The molecule has 2 aromatic carbocycles. The number of carbonyl (C=O) groups is 2. The van der Waals surface area contributed by atoms with Gasteiger partial charge in [-0.25, -0.2) is 4.79 Å². The number of likely N-dealkylation sites (N-methyl/N-ethyl adjacent to an activating group) is 1. The van der Waals surface area contributed by atoms with Gasteiger partial charge in [0.2, 0.25) is 0 Å². The number of hydrogen-bond donors (Lipinski definition) is 2. The molecular weight excluding hydrogens is 468 g/mol. The average Bonchev–Trinajstić information content (AvgIpc) is 3.67. The molecule has 37 heavy (non-hydrogen) atoms. The second kappa shape index (κ2) is 10.8. The number of benzene rings is 2. The van der Waals surface area contributed by atoms with Gasteiger partial charge in [-0.15, -0.1) is 0 Å². The third kappa shape index (κ3) is 6.77. The molecule has 0 saturated heterocycles. The van der Waals surface area contributed by atoms with Crippen molar-refractivity contribution in [3.8, 4) is 0 Å². The Morgan fingerprint density at radius 3 is 2.51 bits per heavy atom. The number of carbonyl (C=O) groups excluding carboxylic acids is 2. The molecule has 0 aliphatic heterocycles. The molecule has 1 aliphatic carbocycles. The summed E-state index contributed by atoms with van der Waals surface area (Å²) in [5.41, 5.74) is 4.99. The van der Waals surface area contributed by atoms with Crippen molar-refractivity contribution in [3.63, 3.8) is 0 Å². The van der Waals surface area contributed by atoms with Gasteiger partial charge in [0.1, 0.15) is 5.60 Å². The summed E-state index contributed by atoms with van der Waals surface area (Å²) >= 11 is 0. The summed E-state index contributed by atoms with van der Waals surface area (Å²) in [6, 6.07) is 11.6. The zero-order chi connectivity index (χ0) is 26.7. The van der Waals surface area contributed by atoms with Gasteiger partial charge in [-0.05, 0) is 87.9 Å². The van der Waals surface area contributed by atoms with Crippen LogP contribution in [-0.2, 0) is 9.47 Å². The number of hydrogen-bond acceptors (Lipinski definition) is 6. The molecular formula is C29H36N4O4.